The Morgan fingerprint density at radius 2 is 2.13 bits per heavy atom. The molecule has 6 heteroatoms. The average Bonchev–Trinajstić information content (AvgIpc) is 3.12. The molecule has 23 heavy (non-hydrogen) atoms. The number of hydrogen-bond acceptors (Lipinski definition) is 4. The van der Waals surface area contributed by atoms with E-state index in [1.165, 1.54) is 11.3 Å². The predicted octanol–water partition coefficient (Wildman–Crippen LogP) is 2.71. The third kappa shape index (κ3) is 4.93. The maximum absolute atomic E-state index is 12.0. The highest BCUT2D eigenvalue weighted by Crippen LogP contribution is 2.34. The quantitative estimate of drug-likeness (QED) is 0.772. The number of carbonyl (C=O) groups is 1. The van der Waals surface area contributed by atoms with Crippen LogP contribution in [0.3, 0.4) is 0 Å². The normalized spacial score (nSPS) is 24.2. The van der Waals surface area contributed by atoms with E-state index in [0.29, 0.717) is 12.5 Å². The minimum Gasteiger partial charge on any atom is -0.384 e. The lowest BCUT2D eigenvalue weighted by atomic mass is 9.81. The molecule has 3 atom stereocenters. The van der Waals surface area contributed by atoms with Crippen LogP contribution < -0.4 is 10.6 Å². The summed E-state index contributed by atoms with van der Waals surface area (Å²) in [4.78, 5) is 12.0. The Kier molecular flexibility index (Phi) is 5.70. The van der Waals surface area contributed by atoms with Crippen LogP contribution in [-0.4, -0.2) is 36.9 Å². The molecule has 0 saturated carbocycles. The average molecular weight is 340 g/mol. The van der Waals surface area contributed by atoms with E-state index in [0.717, 1.165) is 18.6 Å². The fraction of sp³-hybridized carbons (Fsp3) is 0.706. The van der Waals surface area contributed by atoms with Crippen LogP contribution in [0.15, 0.2) is 16.8 Å². The molecule has 2 heterocycles. The summed E-state index contributed by atoms with van der Waals surface area (Å²) < 4.78 is 5.81. The highest BCUT2D eigenvalue weighted by Gasteiger charge is 2.37. The third-order valence-electron chi connectivity index (χ3n) is 4.33. The molecule has 2 amide bonds. The van der Waals surface area contributed by atoms with Crippen molar-refractivity contribution in [1.29, 1.82) is 0 Å². The molecule has 0 unspecified atom stereocenters. The molecule has 0 radical (unpaired) electrons. The van der Waals surface area contributed by atoms with E-state index >= 15 is 0 Å². The number of nitrogens with one attached hydrogen (secondary N) is 2. The van der Waals surface area contributed by atoms with Gasteiger partial charge in [0.25, 0.3) is 0 Å². The highest BCUT2D eigenvalue weighted by molar-refractivity contribution is 7.08. The Morgan fingerprint density at radius 3 is 2.74 bits per heavy atom. The van der Waals surface area contributed by atoms with E-state index in [4.69, 9.17) is 4.74 Å². The van der Waals surface area contributed by atoms with Gasteiger partial charge in [0.1, 0.15) is 5.60 Å². The van der Waals surface area contributed by atoms with Crippen molar-refractivity contribution in [3.05, 3.63) is 22.4 Å². The van der Waals surface area contributed by atoms with Crippen LogP contribution in [0, 0.1) is 11.3 Å². The van der Waals surface area contributed by atoms with Crippen LogP contribution in [0.25, 0.3) is 0 Å². The van der Waals surface area contributed by atoms with Crippen molar-refractivity contribution in [2.45, 2.75) is 45.8 Å². The molecular weight excluding hydrogens is 312 g/mol. The Bertz CT molecular complexity index is 508. The second-order valence-corrected chi connectivity index (χ2v) is 8.34. The molecule has 1 saturated heterocycles. The lowest BCUT2D eigenvalue weighted by molar-refractivity contribution is 0.00767. The van der Waals surface area contributed by atoms with Crippen molar-refractivity contribution in [3.8, 4) is 0 Å². The lowest BCUT2D eigenvalue weighted by Gasteiger charge is -2.31. The smallest absolute Gasteiger partial charge is 0.314 e. The summed E-state index contributed by atoms with van der Waals surface area (Å²) in [5, 5.41) is 19.9. The molecule has 1 aromatic rings. The second-order valence-electron chi connectivity index (χ2n) is 7.56. The standard InChI is InChI=1S/C17H28N2O3S/c1-16(2,3)14-12(5-7-22-14)9-18-15(20)19-11-17(4,21)13-6-8-23-10-13/h6,8,10,12,14,21H,5,7,9,11H2,1-4H3,(H2,18,19,20)/t12-,14-,17+/m1/s1. The zero-order chi connectivity index (χ0) is 17.1. The number of amides is 2. The Balaban J connectivity index is 1.77. The molecule has 0 aromatic carbocycles. The van der Waals surface area contributed by atoms with Gasteiger partial charge in [-0.1, -0.05) is 20.8 Å². The van der Waals surface area contributed by atoms with E-state index in [9.17, 15) is 9.90 Å². The molecule has 1 aliphatic rings. The number of hydrogen-bond donors (Lipinski definition) is 3. The molecule has 2 rings (SSSR count). The Labute approximate surface area is 142 Å². The monoisotopic (exact) mass is 340 g/mol. The van der Waals surface area contributed by atoms with Gasteiger partial charge in [-0.05, 0) is 41.1 Å². The number of rotatable bonds is 5. The summed E-state index contributed by atoms with van der Waals surface area (Å²) in [6, 6.07) is 1.62. The molecular formula is C17H28N2O3S. The van der Waals surface area contributed by atoms with E-state index in [-0.39, 0.29) is 24.1 Å². The zero-order valence-electron chi connectivity index (χ0n) is 14.4. The van der Waals surface area contributed by atoms with E-state index in [1.807, 2.05) is 16.8 Å². The van der Waals surface area contributed by atoms with Crippen molar-refractivity contribution in [1.82, 2.24) is 10.6 Å². The van der Waals surface area contributed by atoms with Crippen LogP contribution in [0.4, 0.5) is 4.79 Å². The van der Waals surface area contributed by atoms with Crippen molar-refractivity contribution in [3.63, 3.8) is 0 Å². The van der Waals surface area contributed by atoms with E-state index in [2.05, 4.69) is 31.4 Å². The molecule has 5 nitrogen and oxygen atoms in total. The zero-order valence-corrected chi connectivity index (χ0v) is 15.2. The number of ether oxygens (including phenoxy) is 1. The summed E-state index contributed by atoms with van der Waals surface area (Å²) in [6.45, 7) is 9.71. The van der Waals surface area contributed by atoms with Gasteiger partial charge < -0.3 is 20.5 Å². The first-order chi connectivity index (χ1) is 10.7. The number of urea groups is 1. The Morgan fingerprint density at radius 1 is 1.39 bits per heavy atom. The van der Waals surface area contributed by atoms with Gasteiger partial charge in [-0.15, -0.1) is 0 Å². The lowest BCUT2D eigenvalue weighted by Crippen LogP contribution is -2.46. The van der Waals surface area contributed by atoms with Crippen LogP contribution in [0.2, 0.25) is 0 Å². The summed E-state index contributed by atoms with van der Waals surface area (Å²) in [5.74, 6) is 0.332. The molecule has 3 N–H and O–H groups in total. The first-order valence-corrected chi connectivity index (χ1v) is 9.03. The summed E-state index contributed by atoms with van der Waals surface area (Å²) in [6.07, 6.45) is 1.13. The van der Waals surface area contributed by atoms with Gasteiger partial charge in [-0.3, -0.25) is 0 Å². The van der Waals surface area contributed by atoms with Gasteiger partial charge in [0.2, 0.25) is 0 Å². The van der Waals surface area contributed by atoms with E-state index < -0.39 is 5.60 Å². The van der Waals surface area contributed by atoms with Crippen molar-refractivity contribution in [2.24, 2.45) is 11.3 Å². The fourth-order valence-corrected chi connectivity index (χ4v) is 3.79. The fourth-order valence-electron chi connectivity index (χ4n) is 3.01. The van der Waals surface area contributed by atoms with Gasteiger partial charge in [-0.2, -0.15) is 11.3 Å². The van der Waals surface area contributed by atoms with Gasteiger partial charge in [0.05, 0.1) is 12.6 Å². The summed E-state index contributed by atoms with van der Waals surface area (Å²) in [5.41, 5.74) is -0.163. The van der Waals surface area contributed by atoms with Gasteiger partial charge >= 0.3 is 6.03 Å². The minimum atomic E-state index is -1.05. The molecule has 1 aliphatic heterocycles. The number of thiophene rings is 1. The van der Waals surface area contributed by atoms with E-state index in [1.54, 1.807) is 6.92 Å². The van der Waals surface area contributed by atoms with Crippen molar-refractivity contribution in [2.75, 3.05) is 19.7 Å². The molecule has 130 valence electrons. The number of aliphatic hydroxyl groups is 1. The largest absolute Gasteiger partial charge is 0.384 e. The van der Waals surface area contributed by atoms with Crippen molar-refractivity contribution < 1.29 is 14.6 Å². The third-order valence-corrected chi connectivity index (χ3v) is 5.01. The maximum atomic E-state index is 12.0. The molecule has 0 bridgehead atoms. The molecule has 0 aliphatic carbocycles. The summed E-state index contributed by atoms with van der Waals surface area (Å²) in [7, 11) is 0. The van der Waals surface area contributed by atoms with Gasteiger partial charge in [0.15, 0.2) is 0 Å². The van der Waals surface area contributed by atoms with Crippen LogP contribution in [0.1, 0.15) is 39.7 Å². The number of carbonyl (C=O) groups excluding carboxylic acids is 1. The van der Waals surface area contributed by atoms with Crippen molar-refractivity contribution >= 4 is 17.4 Å². The molecule has 1 aromatic heterocycles. The Hall–Kier alpha value is -1.11. The second kappa shape index (κ2) is 7.20. The maximum Gasteiger partial charge on any atom is 0.314 e. The van der Waals surface area contributed by atoms with Crippen LogP contribution in [0.5, 0.6) is 0 Å². The highest BCUT2D eigenvalue weighted by atomic mass is 32.1. The molecule has 0 spiro atoms. The first kappa shape index (κ1) is 18.2. The van der Waals surface area contributed by atoms with Gasteiger partial charge in [-0.25, -0.2) is 4.79 Å². The SMILES string of the molecule is CC(C)(C)[C@@H]1OCC[C@@H]1CNC(=O)NC[C@](C)(O)c1ccsc1. The van der Waals surface area contributed by atoms with Gasteiger partial charge in [0, 0.05) is 19.1 Å². The molecule has 1 fully saturated rings. The predicted molar refractivity (Wildman–Crippen MR) is 92.6 cm³/mol. The van der Waals surface area contributed by atoms with Crippen LogP contribution >= 0.6 is 11.3 Å². The van der Waals surface area contributed by atoms with Crippen LogP contribution in [-0.2, 0) is 10.3 Å². The first-order valence-electron chi connectivity index (χ1n) is 8.08. The topological polar surface area (TPSA) is 70.6 Å². The minimum absolute atomic E-state index is 0.0714. The summed E-state index contributed by atoms with van der Waals surface area (Å²) >= 11 is 1.53.